The highest BCUT2D eigenvalue weighted by Crippen LogP contribution is 2.19. The quantitative estimate of drug-likeness (QED) is 0.735. The van der Waals surface area contributed by atoms with Gasteiger partial charge < -0.3 is 15.2 Å². The van der Waals surface area contributed by atoms with E-state index in [0.29, 0.717) is 38.3 Å². The minimum absolute atomic E-state index is 0.0379. The molecule has 0 fully saturated rings. The third kappa shape index (κ3) is 7.14. The zero-order valence-corrected chi connectivity index (χ0v) is 13.3. The summed E-state index contributed by atoms with van der Waals surface area (Å²) in [6, 6.07) is 7.77. The number of rotatable bonds is 9. The van der Waals surface area contributed by atoms with E-state index in [9.17, 15) is 9.90 Å². The lowest BCUT2D eigenvalue weighted by molar-refractivity contribution is -0.121. The summed E-state index contributed by atoms with van der Waals surface area (Å²) < 4.78 is 5.54. The van der Waals surface area contributed by atoms with Gasteiger partial charge in [0.15, 0.2) is 0 Å². The molecule has 1 rings (SSSR count). The molecule has 0 aliphatic carbocycles. The molecule has 118 valence electrons. The van der Waals surface area contributed by atoms with Crippen LogP contribution in [-0.4, -0.2) is 30.3 Å². The van der Waals surface area contributed by atoms with E-state index in [1.54, 1.807) is 0 Å². The maximum absolute atomic E-state index is 11.8. The van der Waals surface area contributed by atoms with E-state index in [-0.39, 0.29) is 5.91 Å². The summed E-state index contributed by atoms with van der Waals surface area (Å²) in [5, 5.41) is 12.5. The number of ether oxygens (including phenoxy) is 1. The number of benzene rings is 1. The normalized spacial score (nSPS) is 12.2. The smallest absolute Gasteiger partial charge is 0.220 e. The second-order valence-electron chi connectivity index (χ2n) is 5.63. The predicted octanol–water partition coefficient (Wildman–Crippen LogP) is 2.54. The zero-order valence-electron chi connectivity index (χ0n) is 13.3. The van der Waals surface area contributed by atoms with Gasteiger partial charge in [-0.3, -0.25) is 4.79 Å². The van der Waals surface area contributed by atoms with Crippen LogP contribution in [0.15, 0.2) is 24.3 Å². The van der Waals surface area contributed by atoms with Crippen molar-refractivity contribution in [3.8, 4) is 5.75 Å². The van der Waals surface area contributed by atoms with Crippen LogP contribution in [0.4, 0.5) is 0 Å². The zero-order chi connectivity index (χ0) is 15.7. The third-order valence-electron chi connectivity index (χ3n) is 3.17. The van der Waals surface area contributed by atoms with Crippen molar-refractivity contribution in [3.63, 3.8) is 0 Å². The Kier molecular flexibility index (Phi) is 7.83. The van der Waals surface area contributed by atoms with Crippen LogP contribution in [0.25, 0.3) is 0 Å². The van der Waals surface area contributed by atoms with Gasteiger partial charge in [0.1, 0.15) is 5.75 Å². The number of carbonyl (C=O) groups excluding carboxylic acids is 1. The molecule has 1 unspecified atom stereocenters. The Balaban J connectivity index is 2.36. The van der Waals surface area contributed by atoms with Crippen molar-refractivity contribution in [3.05, 3.63) is 29.8 Å². The van der Waals surface area contributed by atoms with E-state index < -0.39 is 6.10 Å². The van der Waals surface area contributed by atoms with E-state index in [1.807, 2.05) is 31.2 Å². The molecular weight excluding hydrogens is 266 g/mol. The van der Waals surface area contributed by atoms with Crippen LogP contribution in [0.3, 0.4) is 0 Å². The molecule has 0 saturated heterocycles. The van der Waals surface area contributed by atoms with Gasteiger partial charge in [-0.2, -0.15) is 0 Å². The van der Waals surface area contributed by atoms with Crippen LogP contribution in [0.1, 0.15) is 39.2 Å². The highest BCUT2D eigenvalue weighted by atomic mass is 16.5. The number of carbonyl (C=O) groups is 1. The molecule has 4 heteroatoms. The first-order valence-electron chi connectivity index (χ1n) is 7.68. The molecule has 0 aliphatic heterocycles. The van der Waals surface area contributed by atoms with Crippen molar-refractivity contribution in [1.29, 1.82) is 0 Å². The van der Waals surface area contributed by atoms with E-state index in [1.165, 1.54) is 0 Å². The van der Waals surface area contributed by atoms with Gasteiger partial charge in [-0.15, -0.1) is 0 Å². The van der Waals surface area contributed by atoms with Crippen LogP contribution in [0.2, 0.25) is 0 Å². The molecule has 0 aliphatic rings. The van der Waals surface area contributed by atoms with E-state index in [0.717, 1.165) is 11.3 Å². The Morgan fingerprint density at radius 2 is 2.05 bits per heavy atom. The van der Waals surface area contributed by atoms with Gasteiger partial charge in [0.25, 0.3) is 0 Å². The monoisotopic (exact) mass is 293 g/mol. The lowest BCUT2D eigenvalue weighted by Crippen LogP contribution is -2.32. The summed E-state index contributed by atoms with van der Waals surface area (Å²) in [4.78, 5) is 11.8. The van der Waals surface area contributed by atoms with Gasteiger partial charge >= 0.3 is 0 Å². The molecule has 21 heavy (non-hydrogen) atoms. The Morgan fingerprint density at radius 1 is 1.33 bits per heavy atom. The molecule has 1 aromatic carbocycles. The highest BCUT2D eigenvalue weighted by Gasteiger charge is 2.10. The number of hydrogen-bond acceptors (Lipinski definition) is 3. The fourth-order valence-corrected chi connectivity index (χ4v) is 2.20. The molecule has 1 atom stereocenters. The minimum atomic E-state index is -0.468. The topological polar surface area (TPSA) is 58.6 Å². The van der Waals surface area contributed by atoms with Crippen LogP contribution in [-0.2, 0) is 11.2 Å². The Bertz CT molecular complexity index is 432. The maximum Gasteiger partial charge on any atom is 0.220 e. The van der Waals surface area contributed by atoms with Crippen LogP contribution >= 0.6 is 0 Å². The average Bonchev–Trinajstić information content (AvgIpc) is 2.44. The number of nitrogens with one attached hydrogen (secondary N) is 1. The number of aryl methyl sites for hydroxylation is 1. The Labute approximate surface area is 127 Å². The first-order valence-corrected chi connectivity index (χ1v) is 7.68. The molecule has 1 aromatic rings. The van der Waals surface area contributed by atoms with Gasteiger partial charge in [-0.1, -0.05) is 32.0 Å². The number of hydrogen-bond donors (Lipinski definition) is 2. The van der Waals surface area contributed by atoms with Crippen molar-refractivity contribution >= 4 is 5.91 Å². The lowest BCUT2D eigenvalue weighted by atomic mass is 10.1. The molecule has 2 N–H and O–H groups in total. The van der Waals surface area contributed by atoms with Gasteiger partial charge in [0, 0.05) is 13.0 Å². The maximum atomic E-state index is 11.8. The van der Waals surface area contributed by atoms with Crippen LogP contribution < -0.4 is 10.1 Å². The van der Waals surface area contributed by atoms with E-state index in [2.05, 4.69) is 19.2 Å². The second kappa shape index (κ2) is 9.40. The Morgan fingerprint density at radius 3 is 2.71 bits per heavy atom. The number of aliphatic hydroxyl groups excluding tert-OH is 1. The summed E-state index contributed by atoms with van der Waals surface area (Å²) in [5.74, 6) is 1.23. The molecule has 0 heterocycles. The fourth-order valence-electron chi connectivity index (χ4n) is 2.20. The highest BCUT2D eigenvalue weighted by molar-refractivity contribution is 5.76. The molecule has 0 radical (unpaired) electrons. The third-order valence-corrected chi connectivity index (χ3v) is 3.17. The SMILES string of the molecule is CCOc1ccccc1CCC(=O)NCC(O)CC(C)C. The molecule has 1 amide bonds. The summed E-state index contributed by atoms with van der Waals surface area (Å²) in [5.41, 5.74) is 1.04. The minimum Gasteiger partial charge on any atom is -0.494 e. The lowest BCUT2D eigenvalue weighted by Gasteiger charge is -2.14. The van der Waals surface area contributed by atoms with Crippen LogP contribution in [0.5, 0.6) is 5.75 Å². The molecular formula is C17H27NO3. The van der Waals surface area contributed by atoms with Crippen molar-refractivity contribution in [2.45, 2.75) is 46.1 Å². The first kappa shape index (κ1) is 17.5. The Hall–Kier alpha value is -1.55. The average molecular weight is 293 g/mol. The van der Waals surface area contributed by atoms with Gasteiger partial charge in [-0.05, 0) is 37.3 Å². The molecule has 0 bridgehead atoms. The summed E-state index contributed by atoms with van der Waals surface area (Å²) >= 11 is 0. The van der Waals surface area contributed by atoms with Crippen molar-refractivity contribution < 1.29 is 14.6 Å². The standard InChI is InChI=1S/C17H27NO3/c1-4-21-16-8-6-5-7-14(16)9-10-17(20)18-12-15(19)11-13(2)3/h5-8,13,15,19H,4,9-12H2,1-3H3,(H,18,20). The number of amides is 1. The summed E-state index contributed by atoms with van der Waals surface area (Å²) in [7, 11) is 0. The number of para-hydroxylation sites is 1. The van der Waals surface area contributed by atoms with Gasteiger partial charge in [0.05, 0.1) is 12.7 Å². The predicted molar refractivity (Wildman–Crippen MR) is 84.4 cm³/mol. The van der Waals surface area contributed by atoms with E-state index >= 15 is 0 Å². The van der Waals surface area contributed by atoms with Gasteiger partial charge in [-0.25, -0.2) is 0 Å². The first-order chi connectivity index (χ1) is 10.0. The number of aliphatic hydroxyl groups is 1. The summed E-state index contributed by atoms with van der Waals surface area (Å²) in [6.07, 6.45) is 1.28. The molecule has 0 aromatic heterocycles. The molecule has 4 nitrogen and oxygen atoms in total. The summed E-state index contributed by atoms with van der Waals surface area (Å²) in [6.45, 7) is 6.99. The molecule has 0 spiro atoms. The van der Waals surface area contributed by atoms with Crippen molar-refractivity contribution in [1.82, 2.24) is 5.32 Å². The molecule has 0 saturated carbocycles. The van der Waals surface area contributed by atoms with Crippen molar-refractivity contribution in [2.75, 3.05) is 13.2 Å². The van der Waals surface area contributed by atoms with Crippen molar-refractivity contribution in [2.24, 2.45) is 5.92 Å². The van der Waals surface area contributed by atoms with E-state index in [4.69, 9.17) is 4.74 Å². The fraction of sp³-hybridized carbons (Fsp3) is 0.588. The largest absolute Gasteiger partial charge is 0.494 e. The second-order valence-corrected chi connectivity index (χ2v) is 5.63. The van der Waals surface area contributed by atoms with Crippen LogP contribution in [0, 0.1) is 5.92 Å². The van der Waals surface area contributed by atoms with Gasteiger partial charge in [0.2, 0.25) is 5.91 Å².